The number of ether oxygens (including phenoxy) is 1. The van der Waals surface area contributed by atoms with Crippen LogP contribution in [0.5, 0.6) is 0 Å². The van der Waals surface area contributed by atoms with Crippen LogP contribution in [0.15, 0.2) is 42.6 Å². The number of rotatable bonds is 2. The van der Waals surface area contributed by atoms with Crippen molar-refractivity contribution in [1.82, 2.24) is 9.97 Å². The van der Waals surface area contributed by atoms with Gasteiger partial charge in [0.15, 0.2) is 0 Å². The van der Waals surface area contributed by atoms with Gasteiger partial charge in [-0.15, -0.1) is 0 Å². The van der Waals surface area contributed by atoms with E-state index in [4.69, 9.17) is 16.3 Å². The average molecular weight is 290 g/mol. The molecular weight excluding hydrogens is 278 g/mol. The molecule has 3 rings (SSSR count). The van der Waals surface area contributed by atoms with Crippen LogP contribution in [-0.4, -0.2) is 22.7 Å². The van der Waals surface area contributed by atoms with Crippen molar-refractivity contribution in [3.8, 4) is 0 Å². The molecule has 20 heavy (non-hydrogen) atoms. The van der Waals surface area contributed by atoms with Crippen molar-refractivity contribution in [2.24, 2.45) is 0 Å². The van der Waals surface area contributed by atoms with Crippen LogP contribution in [0.25, 0.3) is 0 Å². The third-order valence-electron chi connectivity index (χ3n) is 3.39. The van der Waals surface area contributed by atoms with Crippen LogP contribution in [0.2, 0.25) is 5.28 Å². The molecule has 1 aliphatic heterocycles. The summed E-state index contributed by atoms with van der Waals surface area (Å²) in [5, 5.41) is 0.0950. The van der Waals surface area contributed by atoms with Crippen molar-refractivity contribution in [2.45, 2.75) is 12.5 Å². The second-order valence-corrected chi connectivity index (χ2v) is 5.05. The molecular formula is C14H12ClN3O2. The monoisotopic (exact) mass is 289 g/mol. The number of nitrogens with zero attached hydrogens (tertiary/aromatic N) is 3. The summed E-state index contributed by atoms with van der Waals surface area (Å²) in [5.74, 6) is 0.429. The Morgan fingerprint density at radius 3 is 2.75 bits per heavy atom. The first-order valence-electron chi connectivity index (χ1n) is 6.12. The van der Waals surface area contributed by atoms with Crippen molar-refractivity contribution >= 4 is 23.5 Å². The normalized spacial score (nSPS) is 21.9. The Kier molecular flexibility index (Phi) is 3.06. The van der Waals surface area contributed by atoms with E-state index in [0.29, 0.717) is 5.82 Å². The predicted molar refractivity (Wildman–Crippen MR) is 74.7 cm³/mol. The lowest BCUT2D eigenvalue weighted by atomic mass is 9.92. The summed E-state index contributed by atoms with van der Waals surface area (Å²) in [4.78, 5) is 21.5. The SMILES string of the molecule is CC1(c2ccccc2)COC(=O)N1c1ccnc(Cl)n1. The summed E-state index contributed by atoms with van der Waals surface area (Å²) in [7, 11) is 0. The second-order valence-electron chi connectivity index (χ2n) is 4.71. The number of amides is 1. The fourth-order valence-corrected chi connectivity index (χ4v) is 2.48. The molecule has 0 N–H and O–H groups in total. The van der Waals surface area contributed by atoms with Crippen molar-refractivity contribution < 1.29 is 9.53 Å². The molecule has 2 heterocycles. The van der Waals surface area contributed by atoms with Crippen LogP contribution in [0.1, 0.15) is 12.5 Å². The summed E-state index contributed by atoms with van der Waals surface area (Å²) >= 11 is 5.81. The van der Waals surface area contributed by atoms with Crippen molar-refractivity contribution in [3.05, 3.63) is 53.4 Å². The van der Waals surface area contributed by atoms with Gasteiger partial charge < -0.3 is 4.74 Å². The average Bonchev–Trinajstić information content (AvgIpc) is 2.77. The van der Waals surface area contributed by atoms with Crippen molar-refractivity contribution in [1.29, 1.82) is 0 Å². The molecule has 1 atom stereocenters. The highest BCUT2D eigenvalue weighted by molar-refractivity contribution is 6.28. The minimum Gasteiger partial charge on any atom is -0.446 e. The molecule has 1 aromatic heterocycles. The Balaban J connectivity index is 2.09. The summed E-state index contributed by atoms with van der Waals surface area (Å²) in [6.07, 6.45) is 1.08. The Morgan fingerprint density at radius 2 is 2.05 bits per heavy atom. The molecule has 0 radical (unpaired) electrons. The van der Waals surface area contributed by atoms with Gasteiger partial charge >= 0.3 is 6.09 Å². The standard InChI is InChI=1S/C14H12ClN3O2/c1-14(10-5-3-2-4-6-10)9-20-13(19)18(14)11-7-8-16-12(15)17-11/h2-8H,9H2,1H3. The summed E-state index contributed by atoms with van der Waals surface area (Å²) < 4.78 is 5.21. The van der Waals surface area contributed by atoms with Crippen molar-refractivity contribution in [3.63, 3.8) is 0 Å². The van der Waals surface area contributed by atoms with Crippen LogP contribution >= 0.6 is 11.6 Å². The van der Waals surface area contributed by atoms with Gasteiger partial charge in [0.1, 0.15) is 18.0 Å². The maximum Gasteiger partial charge on any atom is 0.416 e. The Hall–Kier alpha value is -2.14. The van der Waals surface area contributed by atoms with Gasteiger partial charge in [0.25, 0.3) is 0 Å². The summed E-state index contributed by atoms with van der Waals surface area (Å²) in [6, 6.07) is 11.3. The number of aromatic nitrogens is 2. The smallest absolute Gasteiger partial charge is 0.416 e. The quantitative estimate of drug-likeness (QED) is 0.798. The van der Waals surface area contributed by atoms with E-state index >= 15 is 0 Å². The number of halogens is 1. The highest BCUT2D eigenvalue weighted by Gasteiger charge is 2.46. The molecule has 0 spiro atoms. The molecule has 0 saturated carbocycles. The number of hydrogen-bond donors (Lipinski definition) is 0. The highest BCUT2D eigenvalue weighted by atomic mass is 35.5. The fraction of sp³-hybridized carbons (Fsp3) is 0.214. The van der Waals surface area contributed by atoms with Crippen LogP contribution in [0, 0.1) is 0 Å². The topological polar surface area (TPSA) is 55.3 Å². The molecule has 102 valence electrons. The number of benzene rings is 1. The van der Waals surface area contributed by atoms with Gasteiger partial charge in [-0.2, -0.15) is 0 Å². The first-order chi connectivity index (χ1) is 9.61. The van der Waals surface area contributed by atoms with Gasteiger partial charge in [0.05, 0.1) is 0 Å². The molecule has 1 fully saturated rings. The first kappa shape index (κ1) is 12.9. The minimum absolute atomic E-state index is 0.0950. The zero-order valence-corrected chi connectivity index (χ0v) is 11.5. The van der Waals surface area contributed by atoms with Gasteiger partial charge in [-0.1, -0.05) is 30.3 Å². The molecule has 1 aliphatic rings. The van der Waals surface area contributed by atoms with E-state index < -0.39 is 11.6 Å². The summed E-state index contributed by atoms with van der Waals surface area (Å²) in [6.45, 7) is 2.20. The largest absolute Gasteiger partial charge is 0.446 e. The maximum atomic E-state index is 12.1. The van der Waals surface area contributed by atoms with E-state index in [1.165, 1.54) is 11.1 Å². The van der Waals surface area contributed by atoms with E-state index in [0.717, 1.165) is 5.56 Å². The number of carbonyl (C=O) groups is 1. The van der Waals surface area contributed by atoms with Gasteiger partial charge in [-0.05, 0) is 30.2 Å². The zero-order chi connectivity index (χ0) is 14.2. The molecule has 5 nitrogen and oxygen atoms in total. The third kappa shape index (κ3) is 2.00. The molecule has 2 aromatic rings. The molecule has 1 aromatic carbocycles. The number of anilines is 1. The summed E-state index contributed by atoms with van der Waals surface area (Å²) in [5.41, 5.74) is 0.358. The van der Waals surface area contributed by atoms with E-state index in [-0.39, 0.29) is 11.9 Å². The Morgan fingerprint density at radius 1 is 1.30 bits per heavy atom. The van der Waals surface area contributed by atoms with Crippen LogP contribution in [0.3, 0.4) is 0 Å². The number of carbonyl (C=O) groups excluding carboxylic acids is 1. The maximum absolute atomic E-state index is 12.1. The van der Waals surface area contributed by atoms with Gasteiger partial charge in [-0.3, -0.25) is 0 Å². The van der Waals surface area contributed by atoms with Crippen molar-refractivity contribution in [2.75, 3.05) is 11.5 Å². The predicted octanol–water partition coefficient (Wildman–Crippen LogP) is 3.00. The van der Waals surface area contributed by atoms with Crippen LogP contribution < -0.4 is 4.90 Å². The minimum atomic E-state index is -0.615. The molecule has 1 amide bonds. The number of cyclic esters (lactones) is 1. The van der Waals surface area contributed by atoms with E-state index in [1.807, 2.05) is 37.3 Å². The Bertz CT molecular complexity index is 650. The third-order valence-corrected chi connectivity index (χ3v) is 3.57. The number of hydrogen-bond acceptors (Lipinski definition) is 4. The molecule has 0 aliphatic carbocycles. The lowest BCUT2D eigenvalue weighted by Crippen LogP contribution is -2.42. The lowest BCUT2D eigenvalue weighted by molar-refractivity contribution is 0.174. The van der Waals surface area contributed by atoms with Gasteiger partial charge in [0.2, 0.25) is 5.28 Å². The highest BCUT2D eigenvalue weighted by Crippen LogP contribution is 2.37. The van der Waals surface area contributed by atoms with Crippen LogP contribution in [0.4, 0.5) is 10.6 Å². The molecule has 1 unspecified atom stereocenters. The van der Waals surface area contributed by atoms with E-state index in [9.17, 15) is 4.79 Å². The Labute approximate surface area is 121 Å². The zero-order valence-electron chi connectivity index (χ0n) is 10.8. The van der Waals surface area contributed by atoms with E-state index in [1.54, 1.807) is 6.07 Å². The first-order valence-corrected chi connectivity index (χ1v) is 6.50. The van der Waals surface area contributed by atoms with E-state index in [2.05, 4.69) is 9.97 Å². The molecule has 1 saturated heterocycles. The molecule has 6 heteroatoms. The van der Waals surface area contributed by atoms with Gasteiger partial charge in [0, 0.05) is 6.20 Å². The molecule has 0 bridgehead atoms. The second kappa shape index (κ2) is 4.76. The van der Waals surface area contributed by atoms with Gasteiger partial charge in [-0.25, -0.2) is 19.7 Å². The lowest BCUT2D eigenvalue weighted by Gasteiger charge is -2.31. The fourth-order valence-electron chi connectivity index (χ4n) is 2.34. The van der Waals surface area contributed by atoms with Crippen LogP contribution in [-0.2, 0) is 10.3 Å².